The zero-order chi connectivity index (χ0) is 19.2. The average Bonchev–Trinajstić information content (AvgIpc) is 2.74. The van der Waals surface area contributed by atoms with Crippen LogP contribution in [-0.2, 0) is 4.79 Å². The van der Waals surface area contributed by atoms with Crippen LogP contribution in [0.25, 0.3) is 32.7 Å². The molecule has 4 aromatic carbocycles. The lowest BCUT2D eigenvalue weighted by Gasteiger charge is -2.13. The molecule has 0 bridgehead atoms. The zero-order valence-corrected chi connectivity index (χ0v) is 16.1. The molecule has 4 aromatic rings. The molecule has 0 spiro atoms. The van der Waals surface area contributed by atoms with Gasteiger partial charge >= 0.3 is 0 Å². The Morgan fingerprint density at radius 1 is 0.778 bits per heavy atom. The maximum Gasteiger partial charge on any atom is 0.224 e. The van der Waals surface area contributed by atoms with Gasteiger partial charge in [-0.1, -0.05) is 81.4 Å². The highest BCUT2D eigenvalue weighted by Gasteiger charge is 2.09. The molecule has 0 aliphatic heterocycles. The van der Waals surface area contributed by atoms with E-state index >= 15 is 0 Å². The van der Waals surface area contributed by atoms with E-state index in [1.54, 1.807) is 0 Å². The molecule has 0 unspecified atom stereocenters. The van der Waals surface area contributed by atoms with E-state index < -0.39 is 0 Å². The van der Waals surface area contributed by atoms with E-state index in [1.807, 2.05) is 32.9 Å². The molecule has 0 aromatic heterocycles. The number of hydrogen-bond acceptors (Lipinski definition) is 1. The maximum absolute atomic E-state index is 11.6. The number of fused-ring (bicyclic) bond motifs is 2. The molecule has 0 radical (unpaired) electrons. The summed E-state index contributed by atoms with van der Waals surface area (Å²) in [7, 11) is 0. The minimum Gasteiger partial charge on any atom is -0.326 e. The van der Waals surface area contributed by atoms with E-state index in [1.165, 1.54) is 27.1 Å². The molecule has 136 valence electrons. The minimum atomic E-state index is 0.0309. The number of hydrogen-bond donors (Lipinski definition) is 1. The first-order chi connectivity index (χ1) is 13.3. The predicted molar refractivity (Wildman–Crippen MR) is 117 cm³/mol. The second-order valence-corrected chi connectivity index (χ2v) is 6.17. The molecule has 0 aliphatic carbocycles. The summed E-state index contributed by atoms with van der Waals surface area (Å²) in [6.07, 6.45) is 0.482. The Morgan fingerprint density at radius 3 is 1.81 bits per heavy atom. The van der Waals surface area contributed by atoms with Crippen molar-refractivity contribution >= 4 is 33.1 Å². The van der Waals surface area contributed by atoms with E-state index in [-0.39, 0.29) is 5.91 Å². The highest BCUT2D eigenvalue weighted by atomic mass is 16.1. The molecule has 0 heterocycles. The molecule has 0 atom stereocenters. The Morgan fingerprint density at radius 2 is 1.30 bits per heavy atom. The molecule has 0 aliphatic rings. The second kappa shape index (κ2) is 8.50. The van der Waals surface area contributed by atoms with E-state index in [9.17, 15) is 4.79 Å². The Kier molecular flexibility index (Phi) is 5.87. The van der Waals surface area contributed by atoms with Gasteiger partial charge in [-0.2, -0.15) is 0 Å². The number of nitrogens with one attached hydrogen (secondary N) is 1. The Labute approximate surface area is 160 Å². The van der Waals surface area contributed by atoms with Crippen molar-refractivity contribution in [3.63, 3.8) is 0 Å². The number of carbonyl (C=O) groups is 1. The summed E-state index contributed by atoms with van der Waals surface area (Å²) in [5.74, 6) is 0.0309. The summed E-state index contributed by atoms with van der Waals surface area (Å²) in [5, 5.41) is 7.86. The molecule has 2 heteroatoms. The summed E-state index contributed by atoms with van der Waals surface area (Å²) in [6, 6.07) is 27.3. The average molecular weight is 355 g/mol. The first-order valence-corrected chi connectivity index (χ1v) is 9.57. The van der Waals surface area contributed by atoms with Crippen LogP contribution in [-0.4, -0.2) is 5.91 Å². The van der Waals surface area contributed by atoms with Crippen LogP contribution in [0, 0.1) is 0 Å². The van der Waals surface area contributed by atoms with Gasteiger partial charge in [-0.25, -0.2) is 0 Å². The van der Waals surface area contributed by atoms with Gasteiger partial charge in [-0.15, -0.1) is 0 Å². The first-order valence-electron chi connectivity index (χ1n) is 9.57. The van der Waals surface area contributed by atoms with Gasteiger partial charge in [-0.3, -0.25) is 4.79 Å². The molecule has 2 nitrogen and oxygen atoms in total. The molecule has 0 saturated heterocycles. The van der Waals surface area contributed by atoms with Gasteiger partial charge in [0.25, 0.3) is 0 Å². The van der Waals surface area contributed by atoms with Gasteiger partial charge in [0, 0.05) is 12.1 Å². The zero-order valence-electron chi connectivity index (χ0n) is 16.1. The van der Waals surface area contributed by atoms with Crippen LogP contribution in [0.5, 0.6) is 0 Å². The van der Waals surface area contributed by atoms with Gasteiger partial charge in [-0.05, 0) is 50.9 Å². The number of benzene rings is 4. The van der Waals surface area contributed by atoms with Crippen LogP contribution in [0.4, 0.5) is 5.69 Å². The van der Waals surface area contributed by atoms with Crippen molar-refractivity contribution in [3.8, 4) is 11.1 Å². The first kappa shape index (κ1) is 18.7. The summed E-state index contributed by atoms with van der Waals surface area (Å²) >= 11 is 0. The van der Waals surface area contributed by atoms with Gasteiger partial charge in [0.1, 0.15) is 0 Å². The summed E-state index contributed by atoms with van der Waals surface area (Å²) in [4.78, 5) is 11.6. The van der Waals surface area contributed by atoms with Gasteiger partial charge < -0.3 is 5.32 Å². The largest absolute Gasteiger partial charge is 0.326 e. The van der Waals surface area contributed by atoms with Crippen LogP contribution >= 0.6 is 0 Å². The van der Waals surface area contributed by atoms with E-state index in [4.69, 9.17) is 0 Å². The molecule has 0 fully saturated rings. The Bertz CT molecular complexity index is 1010. The monoisotopic (exact) mass is 355 g/mol. The maximum atomic E-state index is 11.6. The quantitative estimate of drug-likeness (QED) is 0.392. The van der Waals surface area contributed by atoms with Crippen molar-refractivity contribution in [1.29, 1.82) is 0 Å². The fraction of sp³-hybridized carbons (Fsp3) is 0.160. The lowest BCUT2D eigenvalue weighted by Crippen LogP contribution is -2.09. The van der Waals surface area contributed by atoms with E-state index in [0.717, 1.165) is 11.3 Å². The topological polar surface area (TPSA) is 29.1 Å². The molecule has 1 amide bonds. The molecule has 4 rings (SSSR count). The molecular formula is C25H25NO. The third-order valence-corrected chi connectivity index (χ3v) is 4.55. The third kappa shape index (κ3) is 3.85. The van der Waals surface area contributed by atoms with Gasteiger partial charge in [0.15, 0.2) is 0 Å². The fourth-order valence-electron chi connectivity index (χ4n) is 3.29. The highest BCUT2D eigenvalue weighted by Crippen LogP contribution is 2.36. The van der Waals surface area contributed by atoms with E-state index in [0.29, 0.717) is 6.42 Å². The van der Waals surface area contributed by atoms with Crippen LogP contribution < -0.4 is 5.32 Å². The van der Waals surface area contributed by atoms with Gasteiger partial charge in [0.2, 0.25) is 5.91 Å². The Balaban J connectivity index is 0.00000102. The predicted octanol–water partition coefficient (Wildman–Crippen LogP) is 7.03. The highest BCUT2D eigenvalue weighted by molar-refractivity contribution is 6.12. The lowest BCUT2D eigenvalue weighted by atomic mass is 9.92. The summed E-state index contributed by atoms with van der Waals surface area (Å²) < 4.78 is 0. The van der Waals surface area contributed by atoms with Crippen molar-refractivity contribution in [2.45, 2.75) is 27.2 Å². The summed E-state index contributed by atoms with van der Waals surface area (Å²) in [6.45, 7) is 5.85. The summed E-state index contributed by atoms with van der Waals surface area (Å²) in [5.41, 5.74) is 3.23. The number of carbonyl (C=O) groups excluding carboxylic acids is 1. The van der Waals surface area contributed by atoms with Crippen molar-refractivity contribution < 1.29 is 4.79 Å². The molecule has 1 N–H and O–H groups in total. The van der Waals surface area contributed by atoms with E-state index in [2.05, 4.69) is 72.0 Å². The van der Waals surface area contributed by atoms with Crippen molar-refractivity contribution in [2.75, 3.05) is 5.32 Å². The number of amides is 1. The Hall–Kier alpha value is -3.13. The standard InChI is InChI=1S/C23H19NO.C2H6/c1-2-22(25)24-19-13-11-16(12-14-19)23-20-9-5-3-7-17(20)15-18-8-4-6-10-21(18)23;1-2/h3-15H,2H2,1H3,(H,24,25);1-2H3. The smallest absolute Gasteiger partial charge is 0.224 e. The van der Waals surface area contributed by atoms with Crippen LogP contribution in [0.2, 0.25) is 0 Å². The number of rotatable bonds is 3. The van der Waals surface area contributed by atoms with Crippen LogP contribution in [0.15, 0.2) is 78.9 Å². The van der Waals surface area contributed by atoms with Crippen molar-refractivity contribution in [3.05, 3.63) is 78.9 Å². The molecule has 27 heavy (non-hydrogen) atoms. The number of anilines is 1. The third-order valence-electron chi connectivity index (χ3n) is 4.55. The minimum absolute atomic E-state index is 0.0309. The fourth-order valence-corrected chi connectivity index (χ4v) is 3.29. The SMILES string of the molecule is CC.CCC(=O)Nc1ccc(-c2c3ccccc3cc3ccccc23)cc1. The lowest BCUT2D eigenvalue weighted by molar-refractivity contribution is -0.115. The molecular weight excluding hydrogens is 330 g/mol. The van der Waals surface area contributed by atoms with Crippen molar-refractivity contribution in [1.82, 2.24) is 0 Å². The van der Waals surface area contributed by atoms with Crippen LogP contribution in [0.1, 0.15) is 27.2 Å². The normalized spacial score (nSPS) is 10.3. The van der Waals surface area contributed by atoms with Gasteiger partial charge in [0.05, 0.1) is 0 Å². The van der Waals surface area contributed by atoms with Crippen molar-refractivity contribution in [2.24, 2.45) is 0 Å². The molecule has 0 saturated carbocycles. The second-order valence-electron chi connectivity index (χ2n) is 6.17. The van der Waals surface area contributed by atoms with Crippen LogP contribution in [0.3, 0.4) is 0 Å².